The van der Waals surface area contributed by atoms with E-state index in [0.717, 1.165) is 11.2 Å². The third-order valence-electron chi connectivity index (χ3n) is 6.57. The van der Waals surface area contributed by atoms with E-state index in [-0.39, 0.29) is 5.41 Å². The number of nitrogens with zero attached hydrogens (tertiary/aromatic N) is 1. The lowest BCUT2D eigenvalue weighted by Crippen LogP contribution is -2.32. The van der Waals surface area contributed by atoms with Crippen LogP contribution in [0.15, 0.2) is 65.2 Å². The van der Waals surface area contributed by atoms with Crippen LogP contribution in [0.4, 0.5) is 0 Å². The highest BCUT2D eigenvalue weighted by Gasteiger charge is 2.38. The summed E-state index contributed by atoms with van der Waals surface area (Å²) in [6, 6.07) is 19.7. The van der Waals surface area contributed by atoms with Crippen molar-refractivity contribution in [3.05, 3.63) is 77.5 Å². The molecule has 0 bridgehead atoms. The quantitative estimate of drug-likeness (QED) is 0.325. The fraction of sp³-hybridized carbons (Fsp3) is 0.192. The molecule has 1 aliphatic carbocycles. The van der Waals surface area contributed by atoms with Gasteiger partial charge in [-0.2, -0.15) is 0 Å². The smallest absolute Gasteiger partial charge is 0.212 e. The Morgan fingerprint density at radius 3 is 2.54 bits per heavy atom. The molecule has 6 rings (SSSR count). The van der Waals surface area contributed by atoms with Crippen molar-refractivity contribution in [3.8, 4) is 11.3 Å². The topological polar surface area (TPSA) is 17.0 Å². The molecule has 0 fully saturated rings. The molecular formula is C26H22NO+. The minimum atomic E-state index is -0.118. The Morgan fingerprint density at radius 2 is 1.71 bits per heavy atom. The van der Waals surface area contributed by atoms with Crippen LogP contribution in [0.3, 0.4) is 0 Å². The molecule has 2 heterocycles. The van der Waals surface area contributed by atoms with Crippen molar-refractivity contribution in [2.45, 2.75) is 26.2 Å². The zero-order chi connectivity index (χ0) is 19.2. The van der Waals surface area contributed by atoms with Crippen LogP contribution in [0.1, 0.15) is 30.5 Å². The molecule has 0 radical (unpaired) electrons. The van der Waals surface area contributed by atoms with E-state index >= 15 is 0 Å². The first-order valence-electron chi connectivity index (χ1n) is 9.86. The summed E-state index contributed by atoms with van der Waals surface area (Å²) in [7, 11) is 2.13. The first-order valence-corrected chi connectivity index (χ1v) is 9.86. The SMILES string of the molecule is Cc1cc2oc3ccc4cccc5c4c3c2c(c1-c1cccc[n+]1C)C5(C)C. The molecule has 3 aromatic carbocycles. The van der Waals surface area contributed by atoms with Gasteiger partial charge in [0.2, 0.25) is 5.69 Å². The highest BCUT2D eigenvalue weighted by Crippen LogP contribution is 2.53. The molecule has 0 saturated heterocycles. The van der Waals surface area contributed by atoms with Crippen molar-refractivity contribution in [3.63, 3.8) is 0 Å². The predicted molar refractivity (Wildman–Crippen MR) is 115 cm³/mol. The first-order chi connectivity index (χ1) is 13.5. The maximum atomic E-state index is 6.36. The monoisotopic (exact) mass is 364 g/mol. The van der Waals surface area contributed by atoms with E-state index in [2.05, 4.69) is 93.2 Å². The second-order valence-corrected chi connectivity index (χ2v) is 8.58. The van der Waals surface area contributed by atoms with Gasteiger partial charge in [-0.05, 0) is 52.6 Å². The van der Waals surface area contributed by atoms with Crippen LogP contribution >= 0.6 is 0 Å². The molecular weight excluding hydrogens is 342 g/mol. The molecule has 2 heteroatoms. The predicted octanol–water partition coefficient (Wildman–Crippen LogP) is 6.18. The largest absolute Gasteiger partial charge is 0.456 e. The fourth-order valence-electron chi connectivity index (χ4n) is 5.32. The molecule has 0 aliphatic heterocycles. The van der Waals surface area contributed by atoms with Gasteiger partial charge < -0.3 is 4.42 Å². The van der Waals surface area contributed by atoms with Crippen molar-refractivity contribution in [1.29, 1.82) is 0 Å². The van der Waals surface area contributed by atoms with E-state index in [4.69, 9.17) is 4.42 Å². The Labute approximate surface area is 164 Å². The number of furan rings is 1. The number of benzene rings is 3. The first kappa shape index (κ1) is 15.9. The molecule has 0 spiro atoms. The molecule has 5 aromatic rings. The third kappa shape index (κ3) is 1.76. The number of hydrogen-bond acceptors (Lipinski definition) is 1. The molecule has 28 heavy (non-hydrogen) atoms. The average molecular weight is 364 g/mol. The normalized spacial score (nSPS) is 14.7. The number of aryl methyl sites for hydroxylation is 2. The van der Waals surface area contributed by atoms with Crippen molar-refractivity contribution in [2.75, 3.05) is 0 Å². The second-order valence-electron chi connectivity index (χ2n) is 8.58. The van der Waals surface area contributed by atoms with Gasteiger partial charge >= 0.3 is 0 Å². The van der Waals surface area contributed by atoms with Crippen LogP contribution < -0.4 is 4.57 Å². The molecule has 0 amide bonds. The minimum Gasteiger partial charge on any atom is -0.456 e. The molecule has 0 N–H and O–H groups in total. The van der Waals surface area contributed by atoms with Crippen LogP contribution in [-0.2, 0) is 12.5 Å². The Kier molecular flexibility index (Phi) is 2.85. The summed E-state index contributed by atoms with van der Waals surface area (Å²) in [5, 5.41) is 5.20. The van der Waals surface area contributed by atoms with Crippen LogP contribution in [0.2, 0.25) is 0 Å². The van der Waals surface area contributed by atoms with E-state index in [1.165, 1.54) is 49.5 Å². The highest BCUT2D eigenvalue weighted by molar-refractivity contribution is 6.24. The molecule has 1 aliphatic rings. The molecule has 2 aromatic heterocycles. The summed E-state index contributed by atoms with van der Waals surface area (Å²) >= 11 is 0. The van der Waals surface area contributed by atoms with Crippen molar-refractivity contribution in [2.24, 2.45) is 7.05 Å². The molecule has 2 nitrogen and oxygen atoms in total. The summed E-state index contributed by atoms with van der Waals surface area (Å²) in [6.07, 6.45) is 2.13. The van der Waals surface area contributed by atoms with Gasteiger partial charge in [-0.15, -0.1) is 0 Å². The van der Waals surface area contributed by atoms with E-state index in [0.29, 0.717) is 0 Å². The average Bonchev–Trinajstić information content (AvgIpc) is 3.04. The standard InChI is InChI=1S/C26H22NO/c1-15-14-20-24-23-19(28-20)12-11-16-8-7-9-17(22(16)23)26(2,3)25(24)21(15)18-10-5-6-13-27(18)4/h5-14H,1-4H3/q+1. The molecule has 0 unspecified atom stereocenters. The Hall–Kier alpha value is -3.13. The third-order valence-corrected chi connectivity index (χ3v) is 6.57. The number of aromatic nitrogens is 1. The summed E-state index contributed by atoms with van der Waals surface area (Å²) in [6.45, 7) is 6.92. The molecule has 0 saturated carbocycles. The maximum absolute atomic E-state index is 6.36. The Bertz CT molecular complexity index is 1450. The molecule has 136 valence electrons. The van der Waals surface area contributed by atoms with E-state index in [9.17, 15) is 0 Å². The number of rotatable bonds is 1. The minimum absolute atomic E-state index is 0.118. The van der Waals surface area contributed by atoms with Gasteiger partial charge in [0, 0.05) is 28.3 Å². The van der Waals surface area contributed by atoms with E-state index in [1.54, 1.807) is 0 Å². The highest BCUT2D eigenvalue weighted by atomic mass is 16.3. The van der Waals surface area contributed by atoms with Gasteiger partial charge in [0.1, 0.15) is 18.2 Å². The Balaban J connectivity index is 1.95. The van der Waals surface area contributed by atoms with Gasteiger partial charge in [-0.3, -0.25) is 0 Å². The van der Waals surface area contributed by atoms with Crippen LogP contribution in [-0.4, -0.2) is 0 Å². The summed E-state index contributed by atoms with van der Waals surface area (Å²) in [5.41, 5.74) is 8.46. The second kappa shape index (κ2) is 5.02. The van der Waals surface area contributed by atoms with Crippen LogP contribution in [0.5, 0.6) is 0 Å². The fourth-order valence-corrected chi connectivity index (χ4v) is 5.32. The summed E-state index contributed by atoms with van der Waals surface area (Å²) < 4.78 is 8.58. The van der Waals surface area contributed by atoms with Gasteiger partial charge in [0.25, 0.3) is 0 Å². The van der Waals surface area contributed by atoms with Crippen LogP contribution in [0, 0.1) is 6.92 Å². The zero-order valence-electron chi connectivity index (χ0n) is 16.6. The van der Waals surface area contributed by atoms with Crippen molar-refractivity contribution in [1.82, 2.24) is 0 Å². The zero-order valence-corrected chi connectivity index (χ0v) is 16.6. The van der Waals surface area contributed by atoms with Crippen LogP contribution in [0.25, 0.3) is 44.0 Å². The van der Waals surface area contributed by atoms with Crippen molar-refractivity contribution >= 4 is 32.7 Å². The summed E-state index contributed by atoms with van der Waals surface area (Å²) in [5.74, 6) is 0. The van der Waals surface area contributed by atoms with Gasteiger partial charge in [0.05, 0.1) is 5.56 Å². The number of pyridine rings is 1. The summed E-state index contributed by atoms with van der Waals surface area (Å²) in [4.78, 5) is 0. The molecule has 0 atom stereocenters. The lowest BCUT2D eigenvalue weighted by atomic mass is 9.68. The van der Waals surface area contributed by atoms with Gasteiger partial charge in [0.15, 0.2) is 6.20 Å². The number of hydrogen-bond donors (Lipinski definition) is 0. The lowest BCUT2D eigenvalue weighted by molar-refractivity contribution is -0.660. The van der Waals surface area contributed by atoms with E-state index < -0.39 is 0 Å². The van der Waals surface area contributed by atoms with Crippen molar-refractivity contribution < 1.29 is 8.98 Å². The Morgan fingerprint density at radius 1 is 0.857 bits per heavy atom. The van der Waals surface area contributed by atoms with Gasteiger partial charge in [-0.1, -0.05) is 38.1 Å². The lowest BCUT2D eigenvalue weighted by Gasteiger charge is -2.33. The maximum Gasteiger partial charge on any atom is 0.212 e. The van der Waals surface area contributed by atoms with Gasteiger partial charge in [-0.25, -0.2) is 4.57 Å². The van der Waals surface area contributed by atoms with E-state index in [1.807, 2.05) is 0 Å².